The van der Waals surface area contributed by atoms with Crippen LogP contribution >= 0.6 is 11.6 Å². The number of carboxylic acid groups (broad SMARTS) is 1. The minimum atomic E-state index is -3.91. The van der Waals surface area contributed by atoms with Gasteiger partial charge in [-0.05, 0) is 75.3 Å². The third-order valence-corrected chi connectivity index (χ3v) is 12.9. The second kappa shape index (κ2) is 14.0. The number of fused-ring (bicyclic) bond motifs is 3. The summed E-state index contributed by atoms with van der Waals surface area (Å²) < 4.78 is 40.3. The van der Waals surface area contributed by atoms with Crippen LogP contribution in [0.4, 0.5) is 4.79 Å². The predicted molar refractivity (Wildman–Crippen MR) is 190 cm³/mol. The Hall–Kier alpha value is -4.11. The van der Waals surface area contributed by atoms with Gasteiger partial charge in [-0.25, -0.2) is 18.2 Å². The Labute approximate surface area is 307 Å². The highest BCUT2D eigenvalue weighted by Crippen LogP contribution is 2.46. The van der Waals surface area contributed by atoms with Crippen LogP contribution in [0, 0.1) is 17.8 Å². The van der Waals surface area contributed by atoms with E-state index in [1.165, 1.54) is 4.90 Å². The SMILES string of the molecule is CC1CC/C=C\[C@@H]2C[C@@]2(C(=O)NS(=O)(=O)C2CC2)NC(=O)[C@@H]2C[C@@H](Oc3ncc(OC4CC4)c4c(Cl)cccc34)CN2C(=O)[C@@H](NC(=O)O)[C@H](C)C1. The van der Waals surface area contributed by atoms with Crippen molar-refractivity contribution in [2.24, 2.45) is 17.8 Å². The number of rotatable bonds is 8. The zero-order chi connectivity index (χ0) is 36.9. The Morgan fingerprint density at radius 3 is 2.56 bits per heavy atom. The minimum absolute atomic E-state index is 0.00914. The molecule has 3 heterocycles. The molecule has 0 spiro atoms. The van der Waals surface area contributed by atoms with Crippen molar-refractivity contribution in [3.05, 3.63) is 41.6 Å². The number of nitrogens with zero attached hydrogens (tertiary/aromatic N) is 2. The van der Waals surface area contributed by atoms with Gasteiger partial charge in [0.15, 0.2) is 0 Å². The molecule has 4 amide bonds. The molecular weight excluding hydrogens is 714 g/mol. The molecule has 3 aliphatic carbocycles. The number of amides is 4. The molecule has 7 atom stereocenters. The van der Waals surface area contributed by atoms with Crippen molar-refractivity contribution >= 4 is 56.2 Å². The third kappa shape index (κ3) is 7.52. The number of carbonyl (C=O) groups is 4. The Morgan fingerprint density at radius 2 is 1.85 bits per heavy atom. The number of ether oxygens (including phenoxy) is 2. The van der Waals surface area contributed by atoms with Crippen molar-refractivity contribution in [3.63, 3.8) is 0 Å². The summed E-state index contributed by atoms with van der Waals surface area (Å²) in [7, 11) is -3.91. The van der Waals surface area contributed by atoms with Crippen LogP contribution in [0.2, 0.25) is 5.02 Å². The van der Waals surface area contributed by atoms with E-state index in [0.717, 1.165) is 19.3 Å². The first-order valence-electron chi connectivity index (χ1n) is 18.0. The molecule has 2 aromatic rings. The van der Waals surface area contributed by atoms with Crippen LogP contribution in [0.1, 0.15) is 71.6 Å². The zero-order valence-electron chi connectivity index (χ0n) is 29.0. The summed E-state index contributed by atoms with van der Waals surface area (Å²) in [5, 5.41) is 16.0. The molecular formula is C36H44ClN5O9S. The molecule has 14 nitrogen and oxygen atoms in total. The van der Waals surface area contributed by atoms with Crippen LogP contribution < -0.4 is 24.8 Å². The predicted octanol–water partition coefficient (Wildman–Crippen LogP) is 3.91. The van der Waals surface area contributed by atoms with Crippen molar-refractivity contribution in [1.82, 2.24) is 25.2 Å². The van der Waals surface area contributed by atoms with Gasteiger partial charge in [-0.1, -0.05) is 43.7 Å². The molecule has 3 saturated carbocycles. The lowest BCUT2D eigenvalue weighted by Gasteiger charge is -2.32. The van der Waals surface area contributed by atoms with Crippen molar-refractivity contribution in [2.45, 2.75) is 107 Å². The van der Waals surface area contributed by atoms with Gasteiger partial charge in [0, 0.05) is 23.1 Å². The van der Waals surface area contributed by atoms with Crippen LogP contribution in [0.15, 0.2) is 36.5 Å². The average Bonchev–Trinajstić information content (AvgIpc) is 3.98. The standard InChI is InChI=1S/C36H44ClN5O9S/c1-19-6-3-4-7-21-16-36(21,34(45)41-52(48,49)24-12-13-24)40-31(43)27-15-23(18-42(27)33(44)30(20(2)14-19)39-35(46)47)51-32-25-8-5-9-26(37)29(25)28(17-38-32)50-22-10-11-22/h4-5,7-9,17,19-24,27,30,39H,3,6,10-16,18H2,1-2H3,(H,40,43)(H,41,45)(H,46,47)/b7-4-/t19?,20-,21-,23-,27+,30+,36-/m1/s1. The molecule has 5 aliphatic rings. The fraction of sp³-hybridized carbons (Fsp3) is 0.583. The van der Waals surface area contributed by atoms with Gasteiger partial charge in [0.1, 0.15) is 29.5 Å². The van der Waals surface area contributed by atoms with E-state index in [-0.39, 0.29) is 37.3 Å². The van der Waals surface area contributed by atoms with Crippen LogP contribution in [0.5, 0.6) is 11.6 Å². The van der Waals surface area contributed by atoms with E-state index < -0.39 is 74.7 Å². The topological polar surface area (TPSA) is 193 Å². The maximum atomic E-state index is 14.4. The number of sulfonamides is 1. The summed E-state index contributed by atoms with van der Waals surface area (Å²) in [6, 6.07) is 2.95. The maximum absolute atomic E-state index is 14.4. The molecule has 0 bridgehead atoms. The number of hydrogen-bond acceptors (Lipinski definition) is 9. The Bertz CT molecular complexity index is 1920. The normalized spacial score (nSPS) is 31.6. The molecule has 52 heavy (non-hydrogen) atoms. The summed E-state index contributed by atoms with van der Waals surface area (Å²) in [6.45, 7) is 3.75. The summed E-state index contributed by atoms with van der Waals surface area (Å²) in [5.41, 5.74) is -1.53. The second-order valence-electron chi connectivity index (χ2n) is 15.1. The first-order valence-corrected chi connectivity index (χ1v) is 19.9. The van der Waals surface area contributed by atoms with Gasteiger partial charge in [0.05, 0.1) is 29.1 Å². The van der Waals surface area contributed by atoms with Gasteiger partial charge in [-0.15, -0.1) is 0 Å². The van der Waals surface area contributed by atoms with Gasteiger partial charge in [-0.2, -0.15) is 0 Å². The number of halogens is 1. The highest BCUT2D eigenvalue weighted by atomic mass is 35.5. The van der Waals surface area contributed by atoms with E-state index in [4.69, 9.17) is 21.1 Å². The van der Waals surface area contributed by atoms with Gasteiger partial charge in [-0.3, -0.25) is 19.1 Å². The summed E-state index contributed by atoms with van der Waals surface area (Å²) >= 11 is 6.62. The van der Waals surface area contributed by atoms with E-state index in [0.29, 0.717) is 47.2 Å². The largest absolute Gasteiger partial charge is 0.488 e. The molecule has 4 N–H and O–H groups in total. The van der Waals surface area contributed by atoms with Crippen LogP contribution in [0.25, 0.3) is 10.8 Å². The van der Waals surface area contributed by atoms with Gasteiger partial charge < -0.3 is 30.1 Å². The monoisotopic (exact) mass is 757 g/mol. The summed E-state index contributed by atoms with van der Waals surface area (Å²) in [5.74, 6) is -2.10. The van der Waals surface area contributed by atoms with E-state index in [2.05, 4.69) is 20.3 Å². The number of hydrogen-bond donors (Lipinski definition) is 4. The van der Waals surface area contributed by atoms with Crippen LogP contribution in [0.3, 0.4) is 0 Å². The van der Waals surface area contributed by atoms with Crippen molar-refractivity contribution in [3.8, 4) is 11.6 Å². The molecule has 2 aliphatic heterocycles. The van der Waals surface area contributed by atoms with E-state index in [1.54, 1.807) is 24.4 Å². The molecule has 1 unspecified atom stereocenters. The van der Waals surface area contributed by atoms with Crippen molar-refractivity contribution in [1.29, 1.82) is 0 Å². The average molecular weight is 758 g/mol. The first kappa shape index (κ1) is 36.3. The van der Waals surface area contributed by atoms with Gasteiger partial charge in [0.2, 0.25) is 27.7 Å². The lowest BCUT2D eigenvalue weighted by Crippen LogP contribution is -2.59. The molecule has 1 aromatic carbocycles. The highest BCUT2D eigenvalue weighted by molar-refractivity contribution is 7.91. The zero-order valence-corrected chi connectivity index (χ0v) is 30.6. The Morgan fingerprint density at radius 1 is 1.08 bits per heavy atom. The number of pyridine rings is 1. The van der Waals surface area contributed by atoms with Crippen LogP contribution in [-0.4, -0.2) is 88.8 Å². The van der Waals surface area contributed by atoms with E-state index in [1.807, 2.05) is 26.0 Å². The second-order valence-corrected chi connectivity index (χ2v) is 17.5. The first-order chi connectivity index (χ1) is 24.8. The molecule has 1 aromatic heterocycles. The van der Waals surface area contributed by atoms with Crippen molar-refractivity contribution in [2.75, 3.05) is 6.54 Å². The number of aromatic nitrogens is 1. The minimum Gasteiger partial charge on any atom is -0.488 e. The van der Waals surface area contributed by atoms with Gasteiger partial charge in [0.25, 0.3) is 5.91 Å². The van der Waals surface area contributed by atoms with E-state index >= 15 is 0 Å². The lowest BCUT2D eigenvalue weighted by atomic mass is 9.88. The molecule has 280 valence electrons. The highest BCUT2D eigenvalue weighted by Gasteiger charge is 2.62. The number of benzene rings is 1. The smallest absolute Gasteiger partial charge is 0.405 e. The quantitative estimate of drug-likeness (QED) is 0.287. The molecule has 4 fully saturated rings. The Balaban J connectivity index is 1.21. The molecule has 16 heteroatoms. The van der Waals surface area contributed by atoms with Crippen molar-refractivity contribution < 1.29 is 42.2 Å². The maximum Gasteiger partial charge on any atom is 0.405 e. The number of nitrogens with one attached hydrogen (secondary N) is 3. The number of carbonyl (C=O) groups excluding carboxylic acids is 3. The van der Waals surface area contributed by atoms with Crippen LogP contribution in [-0.2, 0) is 24.4 Å². The fourth-order valence-corrected chi connectivity index (χ4v) is 9.17. The molecule has 1 saturated heterocycles. The third-order valence-electron chi connectivity index (χ3n) is 10.8. The Kier molecular flexibility index (Phi) is 9.78. The molecule has 0 radical (unpaired) electrons. The molecule has 7 rings (SSSR count). The fourth-order valence-electron chi connectivity index (χ4n) is 7.54. The summed E-state index contributed by atoms with van der Waals surface area (Å²) in [6.07, 6.45) is 8.16. The number of allylic oxidation sites excluding steroid dienone is 1. The van der Waals surface area contributed by atoms with E-state index in [9.17, 15) is 32.7 Å². The summed E-state index contributed by atoms with van der Waals surface area (Å²) in [4.78, 5) is 60.2. The van der Waals surface area contributed by atoms with Gasteiger partial charge >= 0.3 is 6.09 Å². The lowest BCUT2D eigenvalue weighted by molar-refractivity contribution is -0.142.